The van der Waals surface area contributed by atoms with Gasteiger partial charge in [-0.1, -0.05) is 12.1 Å². The topological polar surface area (TPSA) is 61.5 Å². The lowest BCUT2D eigenvalue weighted by atomic mass is 10.1. The highest BCUT2D eigenvalue weighted by atomic mass is 32.2. The molecule has 4 nitrogen and oxygen atoms in total. The SMILES string of the molecule is COc1cccc(C(N)CS(=O)C2CCOC2C)c1. The van der Waals surface area contributed by atoms with Crippen molar-refractivity contribution in [3.8, 4) is 5.75 Å². The molecule has 19 heavy (non-hydrogen) atoms. The predicted octanol–water partition coefficient (Wildman–Crippen LogP) is 1.62. The van der Waals surface area contributed by atoms with Gasteiger partial charge in [0.25, 0.3) is 0 Å². The van der Waals surface area contributed by atoms with Crippen molar-refractivity contribution in [2.75, 3.05) is 19.5 Å². The smallest absolute Gasteiger partial charge is 0.119 e. The molecule has 0 bridgehead atoms. The Morgan fingerprint density at radius 2 is 2.37 bits per heavy atom. The second-order valence-electron chi connectivity index (χ2n) is 4.83. The van der Waals surface area contributed by atoms with Gasteiger partial charge in [0, 0.05) is 29.2 Å². The molecule has 4 atom stereocenters. The van der Waals surface area contributed by atoms with Crippen LogP contribution in [0.1, 0.15) is 24.9 Å². The summed E-state index contributed by atoms with van der Waals surface area (Å²) >= 11 is 0. The molecular formula is C14H21NO3S. The summed E-state index contributed by atoms with van der Waals surface area (Å²) in [5.74, 6) is 1.24. The molecule has 1 saturated heterocycles. The molecule has 0 aromatic heterocycles. The molecule has 0 aliphatic carbocycles. The summed E-state index contributed by atoms with van der Waals surface area (Å²) in [6.45, 7) is 2.68. The molecule has 1 fully saturated rings. The molecule has 0 saturated carbocycles. The second-order valence-corrected chi connectivity index (χ2v) is 6.53. The van der Waals surface area contributed by atoms with E-state index >= 15 is 0 Å². The lowest BCUT2D eigenvalue weighted by Gasteiger charge is -2.18. The maximum absolute atomic E-state index is 12.3. The Morgan fingerprint density at radius 1 is 1.58 bits per heavy atom. The Morgan fingerprint density at radius 3 is 3.00 bits per heavy atom. The van der Waals surface area contributed by atoms with Crippen molar-refractivity contribution in [2.24, 2.45) is 5.73 Å². The van der Waals surface area contributed by atoms with Crippen LogP contribution in [0.3, 0.4) is 0 Å². The van der Waals surface area contributed by atoms with Gasteiger partial charge in [0.2, 0.25) is 0 Å². The van der Waals surface area contributed by atoms with E-state index in [9.17, 15) is 4.21 Å². The van der Waals surface area contributed by atoms with Gasteiger partial charge in [-0.25, -0.2) is 0 Å². The molecule has 1 aliphatic heterocycles. The summed E-state index contributed by atoms with van der Waals surface area (Å²) < 4.78 is 22.9. The highest BCUT2D eigenvalue weighted by Gasteiger charge is 2.30. The summed E-state index contributed by atoms with van der Waals surface area (Å²) in [5.41, 5.74) is 7.10. The summed E-state index contributed by atoms with van der Waals surface area (Å²) in [5, 5.41) is 0.108. The summed E-state index contributed by atoms with van der Waals surface area (Å²) in [6.07, 6.45) is 0.928. The lowest BCUT2D eigenvalue weighted by molar-refractivity contribution is 0.127. The number of methoxy groups -OCH3 is 1. The third-order valence-corrected chi connectivity index (χ3v) is 5.49. The van der Waals surface area contributed by atoms with Crippen molar-refractivity contribution in [3.05, 3.63) is 29.8 Å². The van der Waals surface area contributed by atoms with Gasteiger partial charge in [0.15, 0.2) is 0 Å². The zero-order chi connectivity index (χ0) is 13.8. The molecule has 1 aromatic carbocycles. The van der Waals surface area contributed by atoms with Gasteiger partial charge in [0.1, 0.15) is 5.75 Å². The van der Waals surface area contributed by atoms with E-state index in [2.05, 4.69) is 0 Å². The zero-order valence-electron chi connectivity index (χ0n) is 11.4. The van der Waals surface area contributed by atoms with Gasteiger partial charge >= 0.3 is 0 Å². The van der Waals surface area contributed by atoms with E-state index in [1.54, 1.807) is 7.11 Å². The van der Waals surface area contributed by atoms with Gasteiger partial charge in [0.05, 0.1) is 18.5 Å². The number of ether oxygens (including phenoxy) is 2. The quantitative estimate of drug-likeness (QED) is 0.892. The highest BCUT2D eigenvalue weighted by molar-refractivity contribution is 7.85. The first kappa shape index (κ1) is 14.5. The van der Waals surface area contributed by atoms with E-state index in [1.165, 1.54) is 0 Å². The molecule has 2 N–H and O–H groups in total. The van der Waals surface area contributed by atoms with E-state index in [4.69, 9.17) is 15.2 Å². The third-order valence-electron chi connectivity index (χ3n) is 3.51. The van der Waals surface area contributed by atoms with Gasteiger partial charge in [-0.15, -0.1) is 0 Å². The van der Waals surface area contributed by atoms with Crippen molar-refractivity contribution in [1.82, 2.24) is 0 Å². The molecule has 0 radical (unpaired) electrons. The van der Waals surface area contributed by atoms with Crippen LogP contribution >= 0.6 is 0 Å². The Hall–Kier alpha value is -0.910. The van der Waals surface area contributed by atoms with Crippen LogP contribution in [0.5, 0.6) is 5.75 Å². The van der Waals surface area contributed by atoms with Crippen molar-refractivity contribution in [2.45, 2.75) is 30.7 Å². The Kier molecular flexibility index (Phi) is 4.96. The largest absolute Gasteiger partial charge is 0.497 e. The molecule has 1 aromatic rings. The van der Waals surface area contributed by atoms with Gasteiger partial charge in [-0.2, -0.15) is 0 Å². The maximum atomic E-state index is 12.3. The van der Waals surface area contributed by atoms with Gasteiger partial charge < -0.3 is 15.2 Å². The molecule has 0 spiro atoms. The van der Waals surface area contributed by atoms with Crippen molar-refractivity contribution in [1.29, 1.82) is 0 Å². The molecule has 1 aliphatic rings. The maximum Gasteiger partial charge on any atom is 0.119 e. The minimum Gasteiger partial charge on any atom is -0.497 e. The fourth-order valence-corrected chi connectivity index (χ4v) is 3.99. The first-order chi connectivity index (χ1) is 9.11. The Balaban J connectivity index is 1.99. The Labute approximate surface area is 116 Å². The van der Waals surface area contributed by atoms with E-state index in [1.807, 2.05) is 31.2 Å². The summed E-state index contributed by atoms with van der Waals surface area (Å²) in [7, 11) is 0.670. The first-order valence-electron chi connectivity index (χ1n) is 6.50. The van der Waals surface area contributed by atoms with Crippen molar-refractivity contribution in [3.63, 3.8) is 0 Å². The summed E-state index contributed by atoms with van der Waals surface area (Å²) in [4.78, 5) is 0. The standard InChI is InChI=1S/C14H21NO3S/c1-10-14(6-7-18-10)19(16)9-13(15)11-4-3-5-12(8-11)17-2/h3-5,8,10,13-14H,6-7,9,15H2,1-2H3. The van der Waals surface area contributed by atoms with Crippen LogP contribution in [0.2, 0.25) is 0 Å². The van der Waals surface area contributed by atoms with Crippen LogP contribution in [0.25, 0.3) is 0 Å². The van der Waals surface area contributed by atoms with Crippen molar-refractivity contribution < 1.29 is 13.7 Å². The second kappa shape index (κ2) is 6.50. The minimum absolute atomic E-state index is 0.0679. The number of benzene rings is 1. The fraction of sp³-hybridized carbons (Fsp3) is 0.571. The van der Waals surface area contributed by atoms with E-state index < -0.39 is 10.8 Å². The summed E-state index contributed by atoms with van der Waals surface area (Å²) in [6, 6.07) is 7.39. The molecule has 106 valence electrons. The number of hydrogen-bond acceptors (Lipinski definition) is 4. The van der Waals surface area contributed by atoms with E-state index in [-0.39, 0.29) is 17.4 Å². The predicted molar refractivity (Wildman–Crippen MR) is 76.8 cm³/mol. The average Bonchev–Trinajstić information content (AvgIpc) is 2.85. The highest BCUT2D eigenvalue weighted by Crippen LogP contribution is 2.23. The number of nitrogens with two attached hydrogens (primary N) is 1. The van der Waals surface area contributed by atoms with Crippen LogP contribution in [0.15, 0.2) is 24.3 Å². The van der Waals surface area contributed by atoms with E-state index in [0.29, 0.717) is 12.4 Å². The molecule has 1 heterocycles. The first-order valence-corrected chi connectivity index (χ1v) is 7.88. The van der Waals surface area contributed by atoms with Crippen LogP contribution in [0.4, 0.5) is 0 Å². The lowest BCUT2D eigenvalue weighted by Crippen LogP contribution is -2.29. The normalized spacial score (nSPS) is 26.1. The van der Waals surface area contributed by atoms with Crippen molar-refractivity contribution >= 4 is 10.8 Å². The van der Waals surface area contributed by atoms with Gasteiger partial charge in [-0.05, 0) is 31.0 Å². The monoisotopic (exact) mass is 283 g/mol. The van der Waals surface area contributed by atoms with Crippen LogP contribution in [-0.4, -0.2) is 35.0 Å². The number of rotatable bonds is 5. The van der Waals surface area contributed by atoms with Crippen LogP contribution in [-0.2, 0) is 15.5 Å². The average molecular weight is 283 g/mol. The van der Waals surface area contributed by atoms with Gasteiger partial charge in [-0.3, -0.25) is 4.21 Å². The molecular weight excluding hydrogens is 262 g/mol. The zero-order valence-corrected chi connectivity index (χ0v) is 12.2. The van der Waals surface area contributed by atoms with Crippen LogP contribution in [0, 0.1) is 0 Å². The Bertz CT molecular complexity index is 452. The van der Waals surface area contributed by atoms with E-state index in [0.717, 1.165) is 17.7 Å². The fourth-order valence-electron chi connectivity index (χ4n) is 2.33. The molecule has 0 amide bonds. The molecule has 5 heteroatoms. The molecule has 2 rings (SSSR count). The molecule has 4 unspecified atom stereocenters. The third kappa shape index (κ3) is 3.55. The number of hydrogen-bond donors (Lipinski definition) is 1. The minimum atomic E-state index is -0.955. The van der Waals surface area contributed by atoms with Crippen LogP contribution < -0.4 is 10.5 Å².